The van der Waals surface area contributed by atoms with E-state index in [2.05, 4.69) is 0 Å². The number of furan rings is 1. The molecule has 1 aromatic carbocycles. The van der Waals surface area contributed by atoms with Crippen LogP contribution in [0.2, 0.25) is 0 Å². The minimum Gasteiger partial charge on any atom is -0.491 e. The van der Waals surface area contributed by atoms with Crippen LogP contribution in [0.3, 0.4) is 0 Å². The molecule has 1 aliphatic rings. The van der Waals surface area contributed by atoms with Crippen molar-refractivity contribution in [1.82, 2.24) is 0 Å². The van der Waals surface area contributed by atoms with Gasteiger partial charge in [0.05, 0.1) is 12.9 Å². The van der Waals surface area contributed by atoms with Crippen LogP contribution in [0.4, 0.5) is 0 Å². The second-order valence-electron chi connectivity index (χ2n) is 4.50. The molecule has 0 aliphatic carbocycles. The number of carbonyl (C=O) groups excluding carboxylic acids is 1. The van der Waals surface area contributed by atoms with Gasteiger partial charge in [0.25, 0.3) is 0 Å². The highest BCUT2D eigenvalue weighted by atomic mass is 16.6. The molecular weight excluding hydrogens is 256 g/mol. The number of hydrogen-bond acceptors (Lipinski definition) is 4. The van der Waals surface area contributed by atoms with Crippen molar-refractivity contribution in [3.63, 3.8) is 0 Å². The number of hydrogen-bond donors (Lipinski definition) is 0. The molecule has 1 aromatic heterocycles. The summed E-state index contributed by atoms with van der Waals surface area (Å²) in [4.78, 5) is 11.9. The maximum Gasteiger partial charge on any atom is 0.185 e. The SMILES string of the molecule is O=C(C=Cc1ccco1)c1ccc(OCC2CO2)cc1. The second-order valence-corrected chi connectivity index (χ2v) is 4.50. The lowest BCUT2D eigenvalue weighted by atomic mass is 10.1. The predicted molar refractivity (Wildman–Crippen MR) is 73.7 cm³/mol. The molecule has 1 saturated heterocycles. The largest absolute Gasteiger partial charge is 0.491 e. The van der Waals surface area contributed by atoms with Crippen molar-refractivity contribution in [1.29, 1.82) is 0 Å². The Balaban J connectivity index is 1.59. The molecule has 1 atom stereocenters. The molecule has 1 aliphatic heterocycles. The minimum absolute atomic E-state index is 0.0709. The summed E-state index contributed by atoms with van der Waals surface area (Å²) in [5.41, 5.74) is 0.614. The summed E-state index contributed by atoms with van der Waals surface area (Å²) >= 11 is 0. The number of benzene rings is 1. The summed E-state index contributed by atoms with van der Waals surface area (Å²) in [5.74, 6) is 1.33. The van der Waals surface area contributed by atoms with Gasteiger partial charge < -0.3 is 13.9 Å². The van der Waals surface area contributed by atoms with Gasteiger partial charge in [0.15, 0.2) is 5.78 Å². The van der Waals surface area contributed by atoms with Crippen molar-refractivity contribution in [2.45, 2.75) is 6.10 Å². The average Bonchev–Trinajstić information content (AvgIpc) is 3.17. The van der Waals surface area contributed by atoms with E-state index in [1.807, 2.05) is 0 Å². The summed E-state index contributed by atoms with van der Waals surface area (Å²) in [6.07, 6.45) is 4.94. The molecule has 3 rings (SSSR count). The van der Waals surface area contributed by atoms with Crippen LogP contribution in [0.5, 0.6) is 5.75 Å². The molecule has 1 fully saturated rings. The molecule has 0 spiro atoms. The second kappa shape index (κ2) is 5.75. The Morgan fingerprint density at radius 3 is 2.75 bits per heavy atom. The Labute approximate surface area is 116 Å². The monoisotopic (exact) mass is 270 g/mol. The predicted octanol–water partition coefficient (Wildman–Crippen LogP) is 2.95. The van der Waals surface area contributed by atoms with Crippen LogP contribution < -0.4 is 4.74 Å². The fourth-order valence-corrected chi connectivity index (χ4v) is 1.71. The Bertz CT molecular complexity index is 592. The molecule has 0 amide bonds. The van der Waals surface area contributed by atoms with Gasteiger partial charge in [-0.15, -0.1) is 0 Å². The van der Waals surface area contributed by atoms with Crippen molar-refractivity contribution in [2.75, 3.05) is 13.2 Å². The van der Waals surface area contributed by atoms with Crippen LogP contribution in [-0.4, -0.2) is 25.1 Å². The normalized spacial score (nSPS) is 17.3. The molecule has 102 valence electrons. The fraction of sp³-hybridized carbons (Fsp3) is 0.188. The number of carbonyl (C=O) groups is 1. The number of rotatable bonds is 6. The summed E-state index contributed by atoms with van der Waals surface area (Å²) in [6, 6.07) is 10.6. The van der Waals surface area contributed by atoms with E-state index in [1.165, 1.54) is 6.08 Å². The lowest BCUT2D eigenvalue weighted by Gasteiger charge is -2.04. The summed E-state index contributed by atoms with van der Waals surface area (Å²) in [5, 5.41) is 0. The Hall–Kier alpha value is -2.33. The molecule has 0 bridgehead atoms. The van der Waals surface area contributed by atoms with Crippen LogP contribution in [0, 0.1) is 0 Å². The minimum atomic E-state index is -0.0709. The van der Waals surface area contributed by atoms with Gasteiger partial charge in [0, 0.05) is 5.56 Å². The van der Waals surface area contributed by atoms with Crippen molar-refractivity contribution in [3.8, 4) is 5.75 Å². The molecule has 2 heterocycles. The van der Waals surface area contributed by atoms with Gasteiger partial charge in [0.1, 0.15) is 24.2 Å². The zero-order valence-corrected chi connectivity index (χ0v) is 10.8. The number of allylic oxidation sites excluding steroid dienone is 1. The molecular formula is C16H14O4. The lowest BCUT2D eigenvalue weighted by molar-refractivity contribution is 0.104. The van der Waals surface area contributed by atoms with Gasteiger partial charge in [-0.25, -0.2) is 0 Å². The van der Waals surface area contributed by atoms with E-state index in [0.29, 0.717) is 17.9 Å². The highest BCUT2D eigenvalue weighted by molar-refractivity contribution is 6.06. The molecule has 0 radical (unpaired) electrons. The Morgan fingerprint density at radius 2 is 2.10 bits per heavy atom. The van der Waals surface area contributed by atoms with E-state index >= 15 is 0 Å². The first-order chi connectivity index (χ1) is 9.81. The van der Waals surface area contributed by atoms with Gasteiger partial charge in [-0.05, 0) is 48.6 Å². The van der Waals surface area contributed by atoms with E-state index in [9.17, 15) is 4.79 Å². The van der Waals surface area contributed by atoms with E-state index in [0.717, 1.165) is 12.4 Å². The topological polar surface area (TPSA) is 52.0 Å². The molecule has 0 N–H and O–H groups in total. The van der Waals surface area contributed by atoms with Crippen LogP contribution >= 0.6 is 0 Å². The zero-order valence-electron chi connectivity index (χ0n) is 10.8. The maximum atomic E-state index is 11.9. The first kappa shape index (κ1) is 12.7. The number of ether oxygens (including phenoxy) is 2. The van der Waals surface area contributed by atoms with Crippen molar-refractivity contribution >= 4 is 11.9 Å². The Kier molecular flexibility index (Phi) is 3.65. The lowest BCUT2D eigenvalue weighted by Crippen LogP contribution is -2.04. The molecule has 0 saturated carbocycles. The number of ketones is 1. The Morgan fingerprint density at radius 1 is 1.30 bits per heavy atom. The third kappa shape index (κ3) is 3.36. The van der Waals surface area contributed by atoms with Crippen LogP contribution in [0.15, 0.2) is 53.2 Å². The van der Waals surface area contributed by atoms with Crippen LogP contribution in [0.1, 0.15) is 16.1 Å². The summed E-state index contributed by atoms with van der Waals surface area (Å²) in [7, 11) is 0. The standard InChI is InChI=1S/C16H14O4/c17-16(8-7-13-2-1-9-18-13)12-3-5-14(6-4-12)19-10-15-11-20-15/h1-9,15H,10-11H2. The van der Waals surface area contributed by atoms with E-state index in [-0.39, 0.29) is 11.9 Å². The summed E-state index contributed by atoms with van der Waals surface area (Å²) < 4.78 is 15.7. The smallest absolute Gasteiger partial charge is 0.185 e. The fourth-order valence-electron chi connectivity index (χ4n) is 1.71. The quantitative estimate of drug-likeness (QED) is 0.460. The van der Waals surface area contributed by atoms with Crippen LogP contribution in [-0.2, 0) is 4.74 Å². The van der Waals surface area contributed by atoms with E-state index in [4.69, 9.17) is 13.9 Å². The molecule has 1 unspecified atom stereocenters. The van der Waals surface area contributed by atoms with Gasteiger partial charge in [-0.1, -0.05) is 0 Å². The first-order valence-corrected chi connectivity index (χ1v) is 6.42. The van der Waals surface area contributed by atoms with E-state index < -0.39 is 0 Å². The molecule has 20 heavy (non-hydrogen) atoms. The van der Waals surface area contributed by atoms with Gasteiger partial charge in [0.2, 0.25) is 0 Å². The van der Waals surface area contributed by atoms with E-state index in [1.54, 1.807) is 48.7 Å². The van der Waals surface area contributed by atoms with Crippen LogP contribution in [0.25, 0.3) is 6.08 Å². The van der Waals surface area contributed by atoms with Gasteiger partial charge in [-0.3, -0.25) is 4.79 Å². The third-order valence-electron chi connectivity index (χ3n) is 2.92. The summed E-state index contributed by atoms with van der Waals surface area (Å²) in [6.45, 7) is 1.33. The zero-order chi connectivity index (χ0) is 13.8. The average molecular weight is 270 g/mol. The molecule has 2 aromatic rings. The number of epoxide rings is 1. The maximum absolute atomic E-state index is 11.9. The van der Waals surface area contributed by atoms with Gasteiger partial charge in [-0.2, -0.15) is 0 Å². The first-order valence-electron chi connectivity index (χ1n) is 6.42. The highest BCUT2D eigenvalue weighted by Crippen LogP contribution is 2.16. The molecule has 4 nitrogen and oxygen atoms in total. The van der Waals surface area contributed by atoms with Crippen molar-refractivity contribution in [3.05, 3.63) is 60.1 Å². The molecule has 4 heteroatoms. The van der Waals surface area contributed by atoms with Crippen molar-refractivity contribution in [2.24, 2.45) is 0 Å². The highest BCUT2D eigenvalue weighted by Gasteiger charge is 2.22. The third-order valence-corrected chi connectivity index (χ3v) is 2.92. The van der Waals surface area contributed by atoms with Crippen molar-refractivity contribution < 1.29 is 18.7 Å². The van der Waals surface area contributed by atoms with Gasteiger partial charge >= 0.3 is 0 Å².